The SMILES string of the molecule is O=C(c1ccccc1)N1CCC(C(=O)N2CCC(N3CCOCC3=O)CC2)CC1. The molecule has 3 aliphatic rings. The van der Waals surface area contributed by atoms with Gasteiger partial charge in [-0.3, -0.25) is 14.4 Å². The molecular weight excluding hydrogens is 370 g/mol. The molecule has 3 saturated heterocycles. The predicted octanol–water partition coefficient (Wildman–Crippen LogP) is 1.39. The van der Waals surface area contributed by atoms with Gasteiger partial charge in [0, 0.05) is 50.2 Å². The van der Waals surface area contributed by atoms with Crippen LogP contribution >= 0.6 is 0 Å². The van der Waals surface area contributed by atoms with Crippen LogP contribution in [-0.4, -0.2) is 84.4 Å². The maximum atomic E-state index is 13.0. The summed E-state index contributed by atoms with van der Waals surface area (Å²) in [7, 11) is 0. The van der Waals surface area contributed by atoms with Crippen molar-refractivity contribution in [2.45, 2.75) is 31.7 Å². The Hall–Kier alpha value is -2.41. The monoisotopic (exact) mass is 399 g/mol. The van der Waals surface area contributed by atoms with E-state index in [1.54, 1.807) is 0 Å². The third kappa shape index (κ3) is 4.45. The van der Waals surface area contributed by atoms with E-state index in [9.17, 15) is 14.4 Å². The van der Waals surface area contributed by atoms with E-state index in [2.05, 4.69) is 0 Å². The van der Waals surface area contributed by atoms with Crippen LogP contribution < -0.4 is 0 Å². The zero-order valence-electron chi connectivity index (χ0n) is 16.8. The molecule has 4 rings (SSSR count). The molecule has 3 aliphatic heterocycles. The van der Waals surface area contributed by atoms with E-state index in [1.807, 2.05) is 45.0 Å². The molecular formula is C22H29N3O4. The molecule has 0 bridgehead atoms. The van der Waals surface area contributed by atoms with Gasteiger partial charge in [0.25, 0.3) is 5.91 Å². The Balaban J connectivity index is 1.25. The molecule has 0 N–H and O–H groups in total. The summed E-state index contributed by atoms with van der Waals surface area (Å²) in [6.45, 7) is 4.11. The van der Waals surface area contributed by atoms with Gasteiger partial charge in [-0.05, 0) is 37.8 Å². The first-order valence-electron chi connectivity index (χ1n) is 10.6. The van der Waals surface area contributed by atoms with Crippen LogP contribution in [0.5, 0.6) is 0 Å². The van der Waals surface area contributed by atoms with E-state index in [0.29, 0.717) is 44.9 Å². The number of carbonyl (C=O) groups is 3. The van der Waals surface area contributed by atoms with Crippen molar-refractivity contribution in [3.8, 4) is 0 Å². The molecule has 0 spiro atoms. The number of rotatable bonds is 3. The third-order valence-corrected chi connectivity index (χ3v) is 6.39. The van der Waals surface area contributed by atoms with Gasteiger partial charge in [-0.1, -0.05) is 18.2 Å². The van der Waals surface area contributed by atoms with Crippen LogP contribution in [0.1, 0.15) is 36.0 Å². The van der Waals surface area contributed by atoms with Crippen molar-refractivity contribution in [1.82, 2.24) is 14.7 Å². The molecule has 156 valence electrons. The number of morpholine rings is 1. The van der Waals surface area contributed by atoms with Gasteiger partial charge in [0.1, 0.15) is 6.61 Å². The lowest BCUT2D eigenvalue weighted by Crippen LogP contribution is -2.53. The van der Waals surface area contributed by atoms with E-state index in [4.69, 9.17) is 4.74 Å². The Morgan fingerprint density at radius 3 is 2.17 bits per heavy atom. The summed E-state index contributed by atoms with van der Waals surface area (Å²) in [5, 5.41) is 0. The van der Waals surface area contributed by atoms with Gasteiger partial charge in [0.2, 0.25) is 11.8 Å². The highest BCUT2D eigenvalue weighted by molar-refractivity contribution is 5.94. The van der Waals surface area contributed by atoms with Crippen LogP contribution in [0.25, 0.3) is 0 Å². The fourth-order valence-electron chi connectivity index (χ4n) is 4.67. The highest BCUT2D eigenvalue weighted by Gasteiger charge is 2.34. The second-order valence-electron chi connectivity index (χ2n) is 8.13. The average molecular weight is 399 g/mol. The second kappa shape index (κ2) is 8.95. The van der Waals surface area contributed by atoms with Crippen LogP contribution in [0.15, 0.2) is 30.3 Å². The van der Waals surface area contributed by atoms with E-state index >= 15 is 0 Å². The summed E-state index contributed by atoms with van der Waals surface area (Å²) in [6.07, 6.45) is 3.12. The minimum atomic E-state index is -0.00334. The quantitative estimate of drug-likeness (QED) is 0.770. The van der Waals surface area contributed by atoms with Crippen molar-refractivity contribution in [2.75, 3.05) is 45.9 Å². The molecule has 0 atom stereocenters. The van der Waals surface area contributed by atoms with Crippen molar-refractivity contribution in [3.63, 3.8) is 0 Å². The zero-order valence-corrected chi connectivity index (χ0v) is 16.8. The zero-order chi connectivity index (χ0) is 20.2. The van der Waals surface area contributed by atoms with Crippen molar-refractivity contribution in [3.05, 3.63) is 35.9 Å². The summed E-state index contributed by atoms with van der Waals surface area (Å²) in [5.74, 6) is 0.323. The largest absolute Gasteiger partial charge is 0.370 e. The molecule has 29 heavy (non-hydrogen) atoms. The van der Waals surface area contributed by atoms with Gasteiger partial charge in [-0.2, -0.15) is 0 Å². The summed E-state index contributed by atoms with van der Waals surface area (Å²) in [6, 6.07) is 9.54. The molecule has 0 aromatic heterocycles. The number of amides is 3. The lowest BCUT2D eigenvalue weighted by atomic mass is 9.93. The topological polar surface area (TPSA) is 70.2 Å². The van der Waals surface area contributed by atoms with Gasteiger partial charge in [-0.15, -0.1) is 0 Å². The molecule has 7 heteroatoms. The molecule has 0 aliphatic carbocycles. The molecule has 7 nitrogen and oxygen atoms in total. The Labute approximate surface area is 171 Å². The lowest BCUT2D eigenvalue weighted by Gasteiger charge is -2.41. The molecule has 3 amide bonds. The molecule has 1 aromatic rings. The highest BCUT2D eigenvalue weighted by Crippen LogP contribution is 2.25. The van der Waals surface area contributed by atoms with E-state index in [-0.39, 0.29) is 36.3 Å². The summed E-state index contributed by atoms with van der Waals surface area (Å²) in [4.78, 5) is 43.3. The van der Waals surface area contributed by atoms with Crippen molar-refractivity contribution in [2.24, 2.45) is 5.92 Å². The number of benzene rings is 1. The Kier molecular flexibility index (Phi) is 6.13. The number of piperidine rings is 2. The summed E-state index contributed by atoms with van der Waals surface area (Å²) in [5.41, 5.74) is 0.706. The minimum Gasteiger partial charge on any atom is -0.370 e. The first kappa shape index (κ1) is 19.9. The molecule has 0 saturated carbocycles. The smallest absolute Gasteiger partial charge is 0.253 e. The second-order valence-corrected chi connectivity index (χ2v) is 8.13. The average Bonchev–Trinajstić information content (AvgIpc) is 2.79. The maximum Gasteiger partial charge on any atom is 0.253 e. The van der Waals surface area contributed by atoms with E-state index in [0.717, 1.165) is 25.7 Å². The first-order chi connectivity index (χ1) is 14.1. The first-order valence-corrected chi connectivity index (χ1v) is 10.6. The molecule has 3 heterocycles. The van der Waals surface area contributed by atoms with E-state index < -0.39 is 0 Å². The Morgan fingerprint density at radius 2 is 1.52 bits per heavy atom. The molecule has 0 radical (unpaired) electrons. The third-order valence-electron chi connectivity index (χ3n) is 6.39. The van der Waals surface area contributed by atoms with Crippen molar-refractivity contribution in [1.29, 1.82) is 0 Å². The van der Waals surface area contributed by atoms with Gasteiger partial charge >= 0.3 is 0 Å². The Bertz CT molecular complexity index is 738. The fraction of sp³-hybridized carbons (Fsp3) is 0.591. The normalized spacial score (nSPS) is 22.1. The van der Waals surface area contributed by atoms with Gasteiger partial charge in [-0.25, -0.2) is 0 Å². The van der Waals surface area contributed by atoms with Crippen LogP contribution in [0.2, 0.25) is 0 Å². The number of hydrogen-bond donors (Lipinski definition) is 0. The predicted molar refractivity (Wildman–Crippen MR) is 107 cm³/mol. The molecule has 3 fully saturated rings. The van der Waals surface area contributed by atoms with Crippen molar-refractivity contribution < 1.29 is 19.1 Å². The number of ether oxygens (including phenoxy) is 1. The minimum absolute atomic E-state index is 0.00334. The number of carbonyl (C=O) groups excluding carboxylic acids is 3. The summed E-state index contributed by atoms with van der Waals surface area (Å²) < 4.78 is 5.21. The lowest BCUT2D eigenvalue weighted by molar-refractivity contribution is -0.148. The summed E-state index contributed by atoms with van der Waals surface area (Å²) >= 11 is 0. The van der Waals surface area contributed by atoms with Crippen LogP contribution in [0.4, 0.5) is 0 Å². The number of likely N-dealkylation sites (tertiary alicyclic amines) is 2. The highest BCUT2D eigenvalue weighted by atomic mass is 16.5. The van der Waals surface area contributed by atoms with Crippen LogP contribution in [-0.2, 0) is 14.3 Å². The van der Waals surface area contributed by atoms with Gasteiger partial charge < -0.3 is 19.4 Å². The fourth-order valence-corrected chi connectivity index (χ4v) is 4.67. The van der Waals surface area contributed by atoms with E-state index in [1.165, 1.54) is 0 Å². The van der Waals surface area contributed by atoms with Crippen LogP contribution in [0, 0.1) is 5.92 Å². The number of hydrogen-bond acceptors (Lipinski definition) is 4. The van der Waals surface area contributed by atoms with Crippen molar-refractivity contribution >= 4 is 17.7 Å². The standard InChI is InChI=1S/C22H29N3O4/c26-20-16-29-15-14-25(20)19-8-12-24(13-9-19)22(28)18-6-10-23(11-7-18)21(27)17-4-2-1-3-5-17/h1-5,18-19H,6-16H2. The number of nitrogens with zero attached hydrogens (tertiary/aromatic N) is 3. The Morgan fingerprint density at radius 1 is 0.862 bits per heavy atom. The molecule has 1 aromatic carbocycles. The van der Waals surface area contributed by atoms with Crippen LogP contribution in [0.3, 0.4) is 0 Å². The maximum absolute atomic E-state index is 13.0. The van der Waals surface area contributed by atoms with Gasteiger partial charge in [0.05, 0.1) is 6.61 Å². The molecule has 0 unspecified atom stereocenters. The van der Waals surface area contributed by atoms with Gasteiger partial charge in [0.15, 0.2) is 0 Å².